The number of carbonyl (C=O) groups is 2. The predicted molar refractivity (Wildman–Crippen MR) is 64.8 cm³/mol. The smallest absolute Gasteiger partial charge is 0.339 e. The van der Waals surface area contributed by atoms with Crippen LogP contribution in [0.25, 0.3) is 0 Å². The first-order chi connectivity index (χ1) is 7.95. The highest BCUT2D eigenvalue weighted by Gasteiger charge is 2.27. The van der Waals surface area contributed by atoms with Crippen LogP contribution in [0.4, 0.5) is 0 Å². The lowest BCUT2D eigenvalue weighted by Crippen LogP contribution is -2.14. The normalized spacial score (nSPS) is 26.0. The minimum atomic E-state index is -1.07. The van der Waals surface area contributed by atoms with Gasteiger partial charge in [-0.3, -0.25) is 9.79 Å². The summed E-state index contributed by atoms with van der Waals surface area (Å²) in [6, 6.07) is 0.0400. The second kappa shape index (κ2) is 5.61. The molecule has 0 amide bonds. The van der Waals surface area contributed by atoms with E-state index in [4.69, 9.17) is 10.8 Å². The van der Waals surface area contributed by atoms with Crippen LogP contribution in [0.5, 0.6) is 0 Å². The summed E-state index contributed by atoms with van der Waals surface area (Å²) in [6.45, 7) is 3.22. The van der Waals surface area contributed by atoms with E-state index in [1.54, 1.807) is 13.8 Å². The van der Waals surface area contributed by atoms with Crippen molar-refractivity contribution in [3.05, 3.63) is 11.8 Å². The Morgan fingerprint density at radius 3 is 2.41 bits per heavy atom. The molecular formula is C12H18N2O3. The standard InChI is InChI=1S/C12H18N2O3/c1-7(11(6-13)12(16)17)14-10-4-3-9(5-10)8(2)15/h6,9-10H,3-5,13H2,1-2H3,(H,16,17)/t9-,10+/m0/s1. The monoisotopic (exact) mass is 238 g/mol. The van der Waals surface area contributed by atoms with Crippen molar-refractivity contribution in [3.8, 4) is 0 Å². The fourth-order valence-electron chi connectivity index (χ4n) is 2.13. The maximum atomic E-state index is 11.2. The van der Waals surface area contributed by atoms with Crippen molar-refractivity contribution in [2.45, 2.75) is 39.2 Å². The molecule has 0 radical (unpaired) electrons. The lowest BCUT2D eigenvalue weighted by atomic mass is 10.0. The van der Waals surface area contributed by atoms with Crippen LogP contribution in [0.3, 0.4) is 0 Å². The third-order valence-electron chi connectivity index (χ3n) is 3.14. The van der Waals surface area contributed by atoms with E-state index >= 15 is 0 Å². The SMILES string of the molecule is CC(=O)[C@H]1CC[C@@H](N=C(C)C(=CN)C(=O)O)C1. The van der Waals surface area contributed by atoms with Gasteiger partial charge in [0.05, 0.1) is 11.6 Å². The van der Waals surface area contributed by atoms with Gasteiger partial charge in [0.15, 0.2) is 0 Å². The van der Waals surface area contributed by atoms with E-state index in [0.717, 1.165) is 19.0 Å². The Hall–Kier alpha value is -1.65. The molecule has 0 spiro atoms. The number of aliphatic carboxylic acids is 1. The van der Waals surface area contributed by atoms with Gasteiger partial charge in [0, 0.05) is 17.8 Å². The van der Waals surface area contributed by atoms with Gasteiger partial charge >= 0.3 is 5.97 Å². The third kappa shape index (κ3) is 3.41. The molecule has 1 aliphatic rings. The van der Waals surface area contributed by atoms with Crippen LogP contribution in [0.1, 0.15) is 33.1 Å². The fraction of sp³-hybridized carbons (Fsp3) is 0.583. The summed E-state index contributed by atoms with van der Waals surface area (Å²) in [6.07, 6.45) is 3.44. The molecule has 5 heteroatoms. The molecule has 0 unspecified atom stereocenters. The lowest BCUT2D eigenvalue weighted by molar-refractivity contribution is -0.132. The highest BCUT2D eigenvalue weighted by atomic mass is 16.4. The maximum absolute atomic E-state index is 11.2. The van der Waals surface area contributed by atoms with E-state index in [1.807, 2.05) is 0 Å². The molecule has 0 aromatic rings. The van der Waals surface area contributed by atoms with Gasteiger partial charge in [-0.05, 0) is 33.1 Å². The number of carboxylic acids is 1. The Labute approximate surface area is 100 Å². The van der Waals surface area contributed by atoms with Crippen molar-refractivity contribution in [2.75, 3.05) is 0 Å². The molecule has 0 heterocycles. The quantitative estimate of drug-likeness (QED) is 0.567. The number of ketones is 1. The number of nitrogens with zero attached hydrogens (tertiary/aromatic N) is 1. The molecule has 17 heavy (non-hydrogen) atoms. The molecule has 2 atom stereocenters. The molecular weight excluding hydrogens is 220 g/mol. The number of aliphatic imine (C=N–C) groups is 1. The third-order valence-corrected chi connectivity index (χ3v) is 3.14. The predicted octanol–water partition coefficient (Wildman–Crippen LogP) is 1.13. The van der Waals surface area contributed by atoms with Crippen LogP contribution < -0.4 is 5.73 Å². The van der Waals surface area contributed by atoms with Crippen molar-refractivity contribution >= 4 is 17.5 Å². The largest absolute Gasteiger partial charge is 0.478 e. The van der Waals surface area contributed by atoms with Gasteiger partial charge in [-0.1, -0.05) is 0 Å². The van der Waals surface area contributed by atoms with Crippen LogP contribution in [0, 0.1) is 5.92 Å². The van der Waals surface area contributed by atoms with Crippen molar-refractivity contribution in [1.82, 2.24) is 0 Å². The minimum absolute atomic E-state index is 0.0243. The van der Waals surface area contributed by atoms with Gasteiger partial charge < -0.3 is 10.8 Å². The number of rotatable bonds is 4. The Morgan fingerprint density at radius 1 is 1.35 bits per heavy atom. The summed E-state index contributed by atoms with van der Waals surface area (Å²) in [4.78, 5) is 26.4. The maximum Gasteiger partial charge on any atom is 0.339 e. The van der Waals surface area contributed by atoms with Crippen LogP contribution in [-0.2, 0) is 9.59 Å². The Bertz CT molecular complexity index is 385. The molecule has 1 aliphatic carbocycles. The van der Waals surface area contributed by atoms with Gasteiger partial charge in [-0.15, -0.1) is 0 Å². The molecule has 5 nitrogen and oxygen atoms in total. The zero-order valence-corrected chi connectivity index (χ0v) is 10.1. The van der Waals surface area contributed by atoms with Crippen molar-refractivity contribution in [2.24, 2.45) is 16.6 Å². The summed E-state index contributed by atoms with van der Waals surface area (Å²) in [7, 11) is 0. The van der Waals surface area contributed by atoms with Gasteiger partial charge in [0.2, 0.25) is 0 Å². The van der Waals surface area contributed by atoms with E-state index < -0.39 is 5.97 Å². The molecule has 0 aliphatic heterocycles. The molecule has 0 aromatic heterocycles. The highest BCUT2D eigenvalue weighted by molar-refractivity contribution is 6.18. The van der Waals surface area contributed by atoms with Gasteiger partial charge in [-0.2, -0.15) is 0 Å². The topological polar surface area (TPSA) is 92.8 Å². The first-order valence-electron chi connectivity index (χ1n) is 5.66. The zero-order chi connectivity index (χ0) is 13.0. The van der Waals surface area contributed by atoms with E-state index in [0.29, 0.717) is 12.1 Å². The first-order valence-corrected chi connectivity index (χ1v) is 5.66. The summed E-state index contributed by atoms with van der Waals surface area (Å²) < 4.78 is 0. The second-order valence-electron chi connectivity index (χ2n) is 4.37. The molecule has 1 rings (SSSR count). The fourth-order valence-corrected chi connectivity index (χ4v) is 2.13. The van der Waals surface area contributed by atoms with Crippen LogP contribution >= 0.6 is 0 Å². The Kier molecular flexibility index (Phi) is 4.43. The number of nitrogens with two attached hydrogens (primary N) is 1. The molecule has 1 fully saturated rings. The van der Waals surface area contributed by atoms with E-state index in [9.17, 15) is 9.59 Å². The Morgan fingerprint density at radius 2 is 2.00 bits per heavy atom. The second-order valence-corrected chi connectivity index (χ2v) is 4.37. The summed E-state index contributed by atoms with van der Waals surface area (Å²) in [5.74, 6) is -0.810. The van der Waals surface area contributed by atoms with Gasteiger partial charge in [-0.25, -0.2) is 4.79 Å². The van der Waals surface area contributed by atoms with Crippen LogP contribution in [-0.4, -0.2) is 28.6 Å². The number of carboxylic acid groups (broad SMARTS) is 1. The van der Waals surface area contributed by atoms with E-state index in [2.05, 4.69) is 4.99 Å². The average Bonchev–Trinajstić information content (AvgIpc) is 2.66. The molecule has 3 N–H and O–H groups in total. The van der Waals surface area contributed by atoms with Crippen molar-refractivity contribution in [1.29, 1.82) is 0 Å². The van der Waals surface area contributed by atoms with Crippen LogP contribution in [0.15, 0.2) is 16.8 Å². The molecule has 0 saturated heterocycles. The molecule has 1 saturated carbocycles. The summed E-state index contributed by atoms with van der Waals surface area (Å²) in [5.41, 5.74) is 5.70. The Balaban J connectivity index is 2.71. The van der Waals surface area contributed by atoms with E-state index in [1.165, 1.54) is 0 Å². The minimum Gasteiger partial charge on any atom is -0.478 e. The highest BCUT2D eigenvalue weighted by Crippen LogP contribution is 2.28. The van der Waals surface area contributed by atoms with Gasteiger partial charge in [0.25, 0.3) is 0 Å². The first kappa shape index (κ1) is 13.4. The lowest BCUT2D eigenvalue weighted by Gasteiger charge is -2.07. The number of Topliss-reactive ketones (excluding diaryl/α,β-unsaturated/α-hetero) is 1. The number of hydrogen-bond donors (Lipinski definition) is 2. The molecule has 0 bridgehead atoms. The average molecular weight is 238 g/mol. The van der Waals surface area contributed by atoms with Crippen molar-refractivity contribution in [3.63, 3.8) is 0 Å². The van der Waals surface area contributed by atoms with Crippen LogP contribution in [0.2, 0.25) is 0 Å². The molecule has 94 valence electrons. The zero-order valence-electron chi connectivity index (χ0n) is 10.1. The van der Waals surface area contributed by atoms with Crippen molar-refractivity contribution < 1.29 is 14.7 Å². The number of hydrogen-bond acceptors (Lipinski definition) is 4. The summed E-state index contributed by atoms with van der Waals surface area (Å²) >= 11 is 0. The van der Waals surface area contributed by atoms with Gasteiger partial charge in [0.1, 0.15) is 5.78 Å². The summed E-state index contributed by atoms with van der Waals surface area (Å²) in [5, 5.41) is 8.87. The molecule has 0 aromatic carbocycles. The van der Waals surface area contributed by atoms with E-state index in [-0.39, 0.29) is 23.3 Å². The number of carbonyl (C=O) groups excluding carboxylic acids is 1.